The molecule has 0 bridgehead atoms. The van der Waals surface area contributed by atoms with Crippen molar-refractivity contribution in [1.82, 2.24) is 20.5 Å². The summed E-state index contributed by atoms with van der Waals surface area (Å²) in [5, 5.41) is 9.75. The SMILES string of the molecule is CN(CCCNC(=O)CSc1n[nH]c(N)n1)c1ccccc1. The van der Waals surface area contributed by atoms with Crippen molar-refractivity contribution >= 4 is 29.3 Å². The van der Waals surface area contributed by atoms with Crippen molar-refractivity contribution in [1.29, 1.82) is 0 Å². The lowest BCUT2D eigenvalue weighted by atomic mass is 10.3. The zero-order valence-corrected chi connectivity index (χ0v) is 13.3. The van der Waals surface area contributed by atoms with E-state index in [4.69, 9.17) is 5.73 Å². The van der Waals surface area contributed by atoms with E-state index in [2.05, 4.69) is 37.5 Å². The van der Waals surface area contributed by atoms with Gasteiger partial charge in [0.1, 0.15) is 0 Å². The summed E-state index contributed by atoms with van der Waals surface area (Å²) in [4.78, 5) is 17.8. The second-order valence-electron chi connectivity index (χ2n) is 4.75. The van der Waals surface area contributed by atoms with E-state index < -0.39 is 0 Å². The first kappa shape index (κ1) is 16.2. The first-order valence-electron chi connectivity index (χ1n) is 6.98. The first-order valence-corrected chi connectivity index (χ1v) is 7.97. The van der Waals surface area contributed by atoms with Crippen LogP contribution in [0.1, 0.15) is 6.42 Å². The molecule has 0 saturated carbocycles. The Bertz CT molecular complexity index is 588. The summed E-state index contributed by atoms with van der Waals surface area (Å²) in [7, 11) is 2.04. The van der Waals surface area contributed by atoms with Crippen LogP contribution in [0.15, 0.2) is 35.5 Å². The number of hydrogen-bond donors (Lipinski definition) is 3. The summed E-state index contributed by atoms with van der Waals surface area (Å²) in [5.74, 6) is 0.508. The number of anilines is 2. The molecule has 118 valence electrons. The molecule has 2 aromatic rings. The molecule has 1 aromatic carbocycles. The second-order valence-corrected chi connectivity index (χ2v) is 5.70. The van der Waals surface area contributed by atoms with E-state index in [9.17, 15) is 4.79 Å². The monoisotopic (exact) mass is 320 g/mol. The van der Waals surface area contributed by atoms with E-state index in [1.54, 1.807) is 0 Å². The Morgan fingerprint density at radius 1 is 1.41 bits per heavy atom. The second kappa shape index (κ2) is 8.28. The summed E-state index contributed by atoms with van der Waals surface area (Å²) in [6.45, 7) is 1.53. The fourth-order valence-electron chi connectivity index (χ4n) is 1.86. The van der Waals surface area contributed by atoms with E-state index in [0.29, 0.717) is 11.7 Å². The van der Waals surface area contributed by atoms with Crippen molar-refractivity contribution in [2.45, 2.75) is 11.6 Å². The van der Waals surface area contributed by atoms with Gasteiger partial charge in [0.05, 0.1) is 5.75 Å². The topological polar surface area (TPSA) is 99.9 Å². The zero-order valence-electron chi connectivity index (χ0n) is 12.5. The molecule has 1 amide bonds. The summed E-state index contributed by atoms with van der Waals surface area (Å²) in [6, 6.07) is 10.2. The van der Waals surface area contributed by atoms with Gasteiger partial charge in [0, 0.05) is 25.8 Å². The smallest absolute Gasteiger partial charge is 0.230 e. The molecule has 0 atom stereocenters. The van der Waals surface area contributed by atoms with Crippen LogP contribution >= 0.6 is 11.8 Å². The number of rotatable bonds is 8. The maximum absolute atomic E-state index is 11.7. The minimum atomic E-state index is -0.0317. The molecule has 0 radical (unpaired) electrons. The Hall–Kier alpha value is -2.22. The quantitative estimate of drug-likeness (QED) is 0.498. The highest BCUT2D eigenvalue weighted by Crippen LogP contribution is 2.12. The Morgan fingerprint density at radius 2 is 2.18 bits per heavy atom. The number of H-pyrrole nitrogens is 1. The normalized spacial score (nSPS) is 10.4. The van der Waals surface area contributed by atoms with Crippen molar-refractivity contribution in [3.05, 3.63) is 30.3 Å². The number of nitrogen functional groups attached to an aromatic ring is 1. The minimum absolute atomic E-state index is 0.0317. The molecule has 7 nitrogen and oxygen atoms in total. The number of carbonyl (C=O) groups is 1. The molecule has 4 N–H and O–H groups in total. The molecule has 0 unspecified atom stereocenters. The number of aromatic nitrogens is 3. The van der Waals surface area contributed by atoms with Crippen molar-refractivity contribution in [3.8, 4) is 0 Å². The summed E-state index contributed by atoms with van der Waals surface area (Å²) in [6.07, 6.45) is 0.884. The van der Waals surface area contributed by atoms with E-state index in [1.807, 2.05) is 25.2 Å². The molecule has 0 aliphatic carbocycles. The summed E-state index contributed by atoms with van der Waals surface area (Å²) in [5.41, 5.74) is 6.58. The highest BCUT2D eigenvalue weighted by molar-refractivity contribution is 7.99. The molecular formula is C14H20N6OS. The van der Waals surface area contributed by atoms with Crippen LogP contribution in [-0.4, -0.2) is 47.0 Å². The third-order valence-corrected chi connectivity index (χ3v) is 3.85. The molecule has 0 aliphatic heterocycles. The third kappa shape index (κ3) is 5.28. The van der Waals surface area contributed by atoms with Crippen LogP contribution in [0.25, 0.3) is 0 Å². The number of nitrogens with one attached hydrogen (secondary N) is 2. The molecule has 0 fully saturated rings. The van der Waals surface area contributed by atoms with Gasteiger partial charge in [-0.2, -0.15) is 4.98 Å². The average molecular weight is 320 g/mol. The molecule has 8 heteroatoms. The Labute approximate surface area is 133 Å². The fraction of sp³-hybridized carbons (Fsp3) is 0.357. The van der Waals surface area contributed by atoms with Gasteiger partial charge in [0.2, 0.25) is 17.0 Å². The van der Waals surface area contributed by atoms with Crippen LogP contribution in [0, 0.1) is 0 Å². The van der Waals surface area contributed by atoms with Crippen molar-refractivity contribution in [2.24, 2.45) is 0 Å². The lowest BCUT2D eigenvalue weighted by molar-refractivity contribution is -0.118. The predicted octanol–water partition coefficient (Wildman–Crippen LogP) is 1.12. The number of thioether (sulfide) groups is 1. The first-order chi connectivity index (χ1) is 10.6. The van der Waals surface area contributed by atoms with Gasteiger partial charge < -0.3 is 16.0 Å². The molecule has 0 spiro atoms. The van der Waals surface area contributed by atoms with Gasteiger partial charge in [-0.05, 0) is 18.6 Å². The van der Waals surface area contributed by atoms with Crippen LogP contribution in [0.5, 0.6) is 0 Å². The van der Waals surface area contributed by atoms with E-state index in [1.165, 1.54) is 17.4 Å². The molecule has 1 heterocycles. The number of benzene rings is 1. The summed E-state index contributed by atoms with van der Waals surface area (Å²) < 4.78 is 0. The molecule has 2 rings (SSSR count). The number of carbonyl (C=O) groups excluding carboxylic acids is 1. The van der Waals surface area contributed by atoms with Gasteiger partial charge in [0.15, 0.2) is 0 Å². The predicted molar refractivity (Wildman–Crippen MR) is 88.9 cm³/mol. The number of amides is 1. The van der Waals surface area contributed by atoms with E-state index in [-0.39, 0.29) is 17.6 Å². The van der Waals surface area contributed by atoms with Crippen molar-refractivity contribution in [2.75, 3.05) is 36.5 Å². The molecule has 0 saturated heterocycles. The standard InChI is InChI=1S/C14H20N6OS/c1-20(11-6-3-2-4-7-11)9-5-8-16-12(21)10-22-14-17-13(15)18-19-14/h2-4,6-7H,5,8-10H2,1H3,(H,16,21)(H3,15,17,18,19). The van der Waals surface area contributed by atoms with Gasteiger partial charge in [0.25, 0.3) is 0 Å². The maximum Gasteiger partial charge on any atom is 0.230 e. The fourth-order valence-corrected chi connectivity index (χ4v) is 2.49. The number of hydrogen-bond acceptors (Lipinski definition) is 6. The number of nitrogens with zero attached hydrogens (tertiary/aromatic N) is 3. The Morgan fingerprint density at radius 3 is 2.86 bits per heavy atom. The highest BCUT2D eigenvalue weighted by atomic mass is 32.2. The van der Waals surface area contributed by atoms with Gasteiger partial charge in [-0.3, -0.25) is 4.79 Å². The lowest BCUT2D eigenvalue weighted by Gasteiger charge is -2.19. The van der Waals surface area contributed by atoms with Gasteiger partial charge >= 0.3 is 0 Å². The molecular weight excluding hydrogens is 300 g/mol. The summed E-state index contributed by atoms with van der Waals surface area (Å²) >= 11 is 1.25. The highest BCUT2D eigenvalue weighted by Gasteiger charge is 2.06. The van der Waals surface area contributed by atoms with Crippen molar-refractivity contribution in [3.63, 3.8) is 0 Å². The lowest BCUT2D eigenvalue weighted by Crippen LogP contribution is -2.29. The Kier molecular flexibility index (Phi) is 6.08. The Balaban J connectivity index is 1.59. The van der Waals surface area contributed by atoms with Gasteiger partial charge in [-0.25, -0.2) is 5.10 Å². The third-order valence-electron chi connectivity index (χ3n) is 3.00. The number of aromatic amines is 1. The maximum atomic E-state index is 11.7. The number of nitrogens with two attached hydrogens (primary N) is 1. The van der Waals surface area contributed by atoms with Gasteiger partial charge in [-0.15, -0.1) is 5.10 Å². The van der Waals surface area contributed by atoms with E-state index in [0.717, 1.165) is 13.0 Å². The average Bonchev–Trinajstić information content (AvgIpc) is 2.96. The van der Waals surface area contributed by atoms with Crippen LogP contribution in [0.3, 0.4) is 0 Å². The largest absolute Gasteiger partial charge is 0.375 e. The van der Waals surface area contributed by atoms with Crippen LogP contribution in [0.4, 0.5) is 11.6 Å². The zero-order chi connectivity index (χ0) is 15.8. The van der Waals surface area contributed by atoms with Crippen LogP contribution in [-0.2, 0) is 4.79 Å². The van der Waals surface area contributed by atoms with Crippen LogP contribution < -0.4 is 16.0 Å². The molecule has 0 aliphatic rings. The van der Waals surface area contributed by atoms with Gasteiger partial charge in [-0.1, -0.05) is 30.0 Å². The van der Waals surface area contributed by atoms with Crippen molar-refractivity contribution < 1.29 is 4.79 Å². The van der Waals surface area contributed by atoms with Crippen LogP contribution in [0.2, 0.25) is 0 Å². The molecule has 1 aromatic heterocycles. The minimum Gasteiger partial charge on any atom is -0.375 e. The molecule has 22 heavy (non-hydrogen) atoms. The van der Waals surface area contributed by atoms with E-state index >= 15 is 0 Å². The number of para-hydroxylation sites is 1.